The molecule has 1 heterocycles. The lowest BCUT2D eigenvalue weighted by molar-refractivity contribution is -0.384. The molecule has 1 aliphatic heterocycles. The zero-order chi connectivity index (χ0) is 13.3. The molecule has 0 bridgehead atoms. The second-order valence-electron chi connectivity index (χ2n) is 4.77. The van der Waals surface area contributed by atoms with Crippen LogP contribution in [0.15, 0.2) is 18.2 Å². The Balaban J connectivity index is 2.32. The number of hydrogen-bond acceptors (Lipinski definition) is 4. The lowest BCUT2D eigenvalue weighted by Crippen LogP contribution is -2.47. The normalized spacial score (nSPS) is 24.1. The summed E-state index contributed by atoms with van der Waals surface area (Å²) in [5.74, 6) is 0.444. The summed E-state index contributed by atoms with van der Waals surface area (Å²) < 4.78 is 0. The largest absolute Gasteiger partial charge is 0.364 e. The van der Waals surface area contributed by atoms with E-state index in [9.17, 15) is 10.1 Å². The number of nitro groups is 1. The minimum absolute atomic E-state index is 0.0392. The van der Waals surface area contributed by atoms with Crippen molar-refractivity contribution in [1.29, 1.82) is 0 Å². The number of hydrogen-bond donors (Lipinski definition) is 1. The Kier molecular flexibility index (Phi) is 3.73. The molecule has 2 rings (SSSR count). The lowest BCUT2D eigenvalue weighted by atomic mass is 9.94. The van der Waals surface area contributed by atoms with E-state index in [0.717, 1.165) is 13.0 Å². The third-order valence-corrected chi connectivity index (χ3v) is 3.73. The van der Waals surface area contributed by atoms with Crippen LogP contribution < -0.4 is 10.6 Å². The van der Waals surface area contributed by atoms with Crippen LogP contribution in [0.1, 0.15) is 13.3 Å². The van der Waals surface area contributed by atoms with E-state index in [1.165, 1.54) is 12.1 Å². The van der Waals surface area contributed by atoms with Gasteiger partial charge in [0.2, 0.25) is 0 Å². The number of anilines is 1. The highest BCUT2D eigenvalue weighted by Gasteiger charge is 2.27. The van der Waals surface area contributed by atoms with Gasteiger partial charge in [0, 0.05) is 30.2 Å². The first kappa shape index (κ1) is 13.1. The van der Waals surface area contributed by atoms with Gasteiger partial charge in [-0.2, -0.15) is 0 Å². The lowest BCUT2D eigenvalue weighted by Gasteiger charge is -2.36. The van der Waals surface area contributed by atoms with Crippen molar-refractivity contribution in [2.45, 2.75) is 19.4 Å². The van der Waals surface area contributed by atoms with E-state index >= 15 is 0 Å². The molecular formula is C12H16ClN3O2. The topological polar surface area (TPSA) is 72.4 Å². The highest BCUT2D eigenvalue weighted by Crippen LogP contribution is 2.33. The minimum Gasteiger partial charge on any atom is -0.364 e. The Morgan fingerprint density at radius 1 is 1.56 bits per heavy atom. The van der Waals surface area contributed by atoms with E-state index in [2.05, 4.69) is 6.92 Å². The number of nitro benzene ring substituents is 1. The fourth-order valence-electron chi connectivity index (χ4n) is 2.22. The van der Waals surface area contributed by atoms with Crippen LogP contribution in [-0.2, 0) is 0 Å². The predicted octanol–water partition coefficient (Wildman–Crippen LogP) is 2.42. The molecule has 5 nitrogen and oxygen atoms in total. The molecule has 0 amide bonds. The SMILES string of the molecule is CC1CCN(c2cc(Cl)ccc2[N+](=O)[O-])CC1N. The maximum absolute atomic E-state index is 11.0. The summed E-state index contributed by atoms with van der Waals surface area (Å²) in [6, 6.07) is 4.66. The average Bonchev–Trinajstić information content (AvgIpc) is 2.32. The summed E-state index contributed by atoms with van der Waals surface area (Å²) >= 11 is 5.93. The Hall–Kier alpha value is -1.33. The van der Waals surface area contributed by atoms with Gasteiger partial charge in [-0.3, -0.25) is 10.1 Å². The molecule has 1 aliphatic rings. The summed E-state index contributed by atoms with van der Waals surface area (Å²) in [6.45, 7) is 3.51. The molecule has 0 aromatic heterocycles. The van der Waals surface area contributed by atoms with E-state index < -0.39 is 0 Å². The van der Waals surface area contributed by atoms with Gasteiger partial charge < -0.3 is 10.6 Å². The number of piperidine rings is 1. The van der Waals surface area contributed by atoms with Crippen LogP contribution in [0.5, 0.6) is 0 Å². The summed E-state index contributed by atoms with van der Waals surface area (Å²) in [7, 11) is 0. The molecule has 1 saturated heterocycles. The van der Waals surface area contributed by atoms with Gasteiger partial charge in [-0.25, -0.2) is 0 Å². The van der Waals surface area contributed by atoms with Crippen molar-refractivity contribution in [3.63, 3.8) is 0 Å². The molecule has 2 atom stereocenters. The van der Waals surface area contributed by atoms with E-state index in [1.54, 1.807) is 6.07 Å². The van der Waals surface area contributed by atoms with E-state index in [1.807, 2.05) is 4.90 Å². The van der Waals surface area contributed by atoms with Crippen LogP contribution in [0.25, 0.3) is 0 Å². The monoisotopic (exact) mass is 269 g/mol. The molecule has 1 aromatic carbocycles. The van der Waals surface area contributed by atoms with Crippen molar-refractivity contribution in [3.8, 4) is 0 Å². The van der Waals surface area contributed by atoms with Crippen LogP contribution >= 0.6 is 11.6 Å². The summed E-state index contributed by atoms with van der Waals surface area (Å²) in [5.41, 5.74) is 6.67. The number of nitrogens with two attached hydrogens (primary N) is 1. The fourth-order valence-corrected chi connectivity index (χ4v) is 2.39. The third-order valence-electron chi connectivity index (χ3n) is 3.49. The van der Waals surface area contributed by atoms with Crippen molar-refractivity contribution in [2.24, 2.45) is 11.7 Å². The Morgan fingerprint density at radius 3 is 2.89 bits per heavy atom. The zero-order valence-corrected chi connectivity index (χ0v) is 10.9. The number of nitrogens with zero attached hydrogens (tertiary/aromatic N) is 2. The second-order valence-corrected chi connectivity index (χ2v) is 5.20. The molecule has 18 heavy (non-hydrogen) atoms. The van der Waals surface area contributed by atoms with Gasteiger partial charge in [-0.1, -0.05) is 18.5 Å². The second kappa shape index (κ2) is 5.12. The molecule has 2 N–H and O–H groups in total. The third kappa shape index (κ3) is 2.57. The Bertz CT molecular complexity index is 467. The minimum atomic E-state index is -0.380. The van der Waals surface area contributed by atoms with Crippen molar-refractivity contribution in [2.75, 3.05) is 18.0 Å². The average molecular weight is 270 g/mol. The van der Waals surface area contributed by atoms with Gasteiger partial charge in [-0.05, 0) is 24.5 Å². The highest BCUT2D eigenvalue weighted by molar-refractivity contribution is 6.31. The van der Waals surface area contributed by atoms with Gasteiger partial charge in [0.15, 0.2) is 0 Å². The first-order valence-corrected chi connectivity index (χ1v) is 6.31. The fraction of sp³-hybridized carbons (Fsp3) is 0.500. The van der Waals surface area contributed by atoms with Crippen LogP contribution in [0.4, 0.5) is 11.4 Å². The molecule has 98 valence electrons. The maximum Gasteiger partial charge on any atom is 0.292 e. The molecule has 2 unspecified atom stereocenters. The summed E-state index contributed by atoms with van der Waals surface area (Å²) in [4.78, 5) is 12.6. The summed E-state index contributed by atoms with van der Waals surface area (Å²) in [6.07, 6.45) is 0.935. The molecule has 0 aliphatic carbocycles. The van der Waals surface area contributed by atoms with E-state index in [0.29, 0.717) is 23.2 Å². The predicted molar refractivity (Wildman–Crippen MR) is 72.1 cm³/mol. The summed E-state index contributed by atoms with van der Waals surface area (Å²) in [5, 5.41) is 11.5. The first-order chi connectivity index (χ1) is 8.49. The molecule has 1 aromatic rings. The molecule has 0 radical (unpaired) electrons. The van der Waals surface area contributed by atoms with E-state index in [4.69, 9.17) is 17.3 Å². The number of rotatable bonds is 2. The standard InChI is InChI=1S/C12H16ClN3O2/c1-8-4-5-15(7-10(8)14)12-6-9(13)2-3-11(12)16(17)18/h2-3,6,8,10H,4-5,7,14H2,1H3. The molecule has 6 heteroatoms. The van der Waals surface area contributed by atoms with Crippen molar-refractivity contribution < 1.29 is 4.92 Å². The Morgan fingerprint density at radius 2 is 2.28 bits per heavy atom. The van der Waals surface area contributed by atoms with Crippen LogP contribution in [0, 0.1) is 16.0 Å². The molecule has 0 saturated carbocycles. The zero-order valence-electron chi connectivity index (χ0n) is 10.2. The van der Waals surface area contributed by atoms with Crippen molar-refractivity contribution in [1.82, 2.24) is 0 Å². The quantitative estimate of drug-likeness (QED) is 0.661. The van der Waals surface area contributed by atoms with Crippen LogP contribution in [0.2, 0.25) is 5.02 Å². The highest BCUT2D eigenvalue weighted by atomic mass is 35.5. The molecular weight excluding hydrogens is 254 g/mol. The Labute approximate surface area is 111 Å². The van der Waals surface area contributed by atoms with Crippen molar-refractivity contribution in [3.05, 3.63) is 33.3 Å². The maximum atomic E-state index is 11.0. The molecule has 1 fully saturated rings. The number of halogens is 1. The van der Waals surface area contributed by atoms with Gasteiger partial charge in [0.25, 0.3) is 5.69 Å². The van der Waals surface area contributed by atoms with Gasteiger partial charge >= 0.3 is 0 Å². The van der Waals surface area contributed by atoms with E-state index in [-0.39, 0.29) is 16.7 Å². The first-order valence-electron chi connectivity index (χ1n) is 5.93. The van der Waals surface area contributed by atoms with Gasteiger partial charge in [-0.15, -0.1) is 0 Å². The van der Waals surface area contributed by atoms with Gasteiger partial charge in [0.05, 0.1) is 4.92 Å². The number of benzene rings is 1. The molecule has 0 spiro atoms. The van der Waals surface area contributed by atoms with Crippen LogP contribution in [0.3, 0.4) is 0 Å². The van der Waals surface area contributed by atoms with Crippen LogP contribution in [-0.4, -0.2) is 24.1 Å². The van der Waals surface area contributed by atoms with Crippen molar-refractivity contribution >= 4 is 23.0 Å². The van der Waals surface area contributed by atoms with Gasteiger partial charge in [0.1, 0.15) is 5.69 Å². The smallest absolute Gasteiger partial charge is 0.292 e.